The first-order valence-electron chi connectivity index (χ1n) is 11.4. The molecule has 1 fully saturated rings. The van der Waals surface area contributed by atoms with Crippen molar-refractivity contribution in [1.29, 1.82) is 0 Å². The summed E-state index contributed by atoms with van der Waals surface area (Å²) < 4.78 is 15.2. The normalized spacial score (nSPS) is 16.5. The summed E-state index contributed by atoms with van der Waals surface area (Å²) in [5.41, 5.74) is -0.371. The lowest BCUT2D eigenvalue weighted by Gasteiger charge is -2.20. The number of unbranched alkanes of at least 4 members (excludes halogenated alkanes) is 9. The van der Waals surface area contributed by atoms with Gasteiger partial charge < -0.3 is 14.2 Å². The second-order valence-electron chi connectivity index (χ2n) is 8.59. The van der Waals surface area contributed by atoms with E-state index in [4.69, 9.17) is 14.2 Å². The van der Waals surface area contributed by atoms with Crippen LogP contribution in [0.5, 0.6) is 0 Å². The molecule has 0 amide bonds. The number of esters is 3. The first-order chi connectivity index (χ1) is 13.9. The summed E-state index contributed by atoms with van der Waals surface area (Å²) in [6.07, 6.45) is 12.0. The zero-order chi connectivity index (χ0) is 21.5. The topological polar surface area (TPSA) is 78.9 Å². The third-order valence-electron chi connectivity index (χ3n) is 5.61. The maximum atomic E-state index is 11.8. The van der Waals surface area contributed by atoms with Gasteiger partial charge in [0.15, 0.2) is 0 Å². The minimum Gasteiger partial charge on any atom is -0.465 e. The molecule has 0 saturated carbocycles. The Morgan fingerprint density at radius 3 is 2.03 bits per heavy atom. The third kappa shape index (κ3) is 11.2. The Hall–Kier alpha value is -1.59. The largest absolute Gasteiger partial charge is 0.465 e. The summed E-state index contributed by atoms with van der Waals surface area (Å²) >= 11 is 0. The van der Waals surface area contributed by atoms with Crippen molar-refractivity contribution in [2.75, 3.05) is 13.2 Å². The van der Waals surface area contributed by atoms with Crippen LogP contribution in [0.15, 0.2) is 0 Å². The third-order valence-corrected chi connectivity index (χ3v) is 5.61. The zero-order valence-corrected chi connectivity index (χ0v) is 18.6. The second-order valence-corrected chi connectivity index (χ2v) is 8.59. The maximum absolute atomic E-state index is 11.8. The van der Waals surface area contributed by atoms with Crippen LogP contribution in [0.4, 0.5) is 0 Å². The minimum atomic E-state index is -0.683. The molecule has 1 aliphatic heterocycles. The van der Waals surface area contributed by atoms with Crippen molar-refractivity contribution in [2.45, 2.75) is 110 Å². The van der Waals surface area contributed by atoms with Gasteiger partial charge in [-0.05, 0) is 33.1 Å². The van der Waals surface area contributed by atoms with Gasteiger partial charge in [0.05, 0.1) is 18.6 Å². The van der Waals surface area contributed by atoms with Crippen molar-refractivity contribution in [3.63, 3.8) is 0 Å². The van der Waals surface area contributed by atoms with E-state index in [-0.39, 0.29) is 17.4 Å². The number of carbonyl (C=O) groups is 3. The monoisotopic (exact) mass is 412 g/mol. The lowest BCUT2D eigenvalue weighted by atomic mass is 9.91. The average Bonchev–Trinajstić information content (AvgIpc) is 3.09. The van der Waals surface area contributed by atoms with E-state index >= 15 is 0 Å². The maximum Gasteiger partial charge on any atom is 0.347 e. The summed E-state index contributed by atoms with van der Waals surface area (Å²) in [6, 6.07) is 0. The molecule has 1 heterocycles. The molecule has 0 spiro atoms. The molecular weight excluding hydrogens is 372 g/mol. The van der Waals surface area contributed by atoms with E-state index in [1.165, 1.54) is 32.1 Å². The predicted molar refractivity (Wildman–Crippen MR) is 111 cm³/mol. The van der Waals surface area contributed by atoms with E-state index in [1.54, 1.807) is 0 Å². The SMILES string of the molecule is CCC(C)(C)C(=O)OCCCCCCCCCCCCC(=O)OC1CCOC1=O. The fourth-order valence-electron chi connectivity index (χ4n) is 3.09. The molecule has 0 N–H and O–H groups in total. The number of cyclic esters (lactones) is 1. The molecule has 168 valence electrons. The highest BCUT2D eigenvalue weighted by Gasteiger charge is 2.29. The summed E-state index contributed by atoms with van der Waals surface area (Å²) in [5.74, 6) is -0.799. The van der Waals surface area contributed by atoms with Crippen LogP contribution in [-0.2, 0) is 28.6 Å². The van der Waals surface area contributed by atoms with Crippen molar-refractivity contribution in [3.05, 3.63) is 0 Å². The smallest absolute Gasteiger partial charge is 0.347 e. The number of rotatable bonds is 16. The molecule has 1 aliphatic rings. The Balaban J connectivity index is 1.83. The molecule has 29 heavy (non-hydrogen) atoms. The van der Waals surface area contributed by atoms with E-state index in [1.807, 2.05) is 20.8 Å². The summed E-state index contributed by atoms with van der Waals surface area (Å²) in [4.78, 5) is 34.7. The van der Waals surface area contributed by atoms with Crippen LogP contribution in [0.1, 0.15) is 104 Å². The van der Waals surface area contributed by atoms with Crippen LogP contribution in [0.25, 0.3) is 0 Å². The molecular formula is C23H40O6. The van der Waals surface area contributed by atoms with Crippen molar-refractivity contribution >= 4 is 17.9 Å². The van der Waals surface area contributed by atoms with Gasteiger partial charge in [0.1, 0.15) is 0 Å². The lowest BCUT2D eigenvalue weighted by molar-refractivity contribution is -0.160. The molecule has 0 bridgehead atoms. The summed E-state index contributed by atoms with van der Waals surface area (Å²) in [7, 11) is 0. The van der Waals surface area contributed by atoms with Crippen molar-refractivity contribution < 1.29 is 28.6 Å². The van der Waals surface area contributed by atoms with Gasteiger partial charge in [-0.25, -0.2) is 4.79 Å². The molecule has 0 aromatic carbocycles. The van der Waals surface area contributed by atoms with E-state index < -0.39 is 12.1 Å². The number of carbonyl (C=O) groups excluding carboxylic acids is 3. The van der Waals surface area contributed by atoms with Gasteiger partial charge >= 0.3 is 17.9 Å². The Morgan fingerprint density at radius 2 is 1.52 bits per heavy atom. The van der Waals surface area contributed by atoms with E-state index in [9.17, 15) is 14.4 Å². The summed E-state index contributed by atoms with van der Waals surface area (Å²) in [5, 5.41) is 0. The first kappa shape index (κ1) is 25.4. The van der Waals surface area contributed by atoms with Crippen molar-refractivity contribution in [2.24, 2.45) is 5.41 Å². The Kier molecular flexibility index (Phi) is 12.6. The number of ether oxygens (including phenoxy) is 3. The molecule has 1 unspecified atom stereocenters. The molecule has 6 heteroatoms. The number of hydrogen-bond donors (Lipinski definition) is 0. The highest BCUT2D eigenvalue weighted by atomic mass is 16.6. The van der Waals surface area contributed by atoms with E-state index in [0.717, 1.165) is 38.5 Å². The van der Waals surface area contributed by atoms with E-state index in [2.05, 4.69) is 0 Å². The summed E-state index contributed by atoms with van der Waals surface area (Å²) in [6.45, 7) is 6.74. The number of hydrogen-bond acceptors (Lipinski definition) is 6. The zero-order valence-electron chi connectivity index (χ0n) is 18.6. The van der Waals surface area contributed by atoms with Crippen LogP contribution >= 0.6 is 0 Å². The van der Waals surface area contributed by atoms with Gasteiger partial charge in [0.2, 0.25) is 6.10 Å². The van der Waals surface area contributed by atoms with Crippen LogP contribution in [0.3, 0.4) is 0 Å². The van der Waals surface area contributed by atoms with Crippen LogP contribution < -0.4 is 0 Å². The van der Waals surface area contributed by atoms with Crippen molar-refractivity contribution in [3.8, 4) is 0 Å². The van der Waals surface area contributed by atoms with Crippen molar-refractivity contribution in [1.82, 2.24) is 0 Å². The van der Waals surface area contributed by atoms with Gasteiger partial charge in [-0.2, -0.15) is 0 Å². The second kappa shape index (κ2) is 14.4. The Labute approximate surface area is 176 Å². The predicted octanol–water partition coefficient (Wildman–Crippen LogP) is 5.12. The van der Waals surface area contributed by atoms with Gasteiger partial charge in [-0.3, -0.25) is 9.59 Å². The molecule has 0 aromatic heterocycles. The van der Waals surface area contributed by atoms with Gasteiger partial charge in [-0.15, -0.1) is 0 Å². The van der Waals surface area contributed by atoms with Gasteiger partial charge in [0.25, 0.3) is 0 Å². The molecule has 1 rings (SSSR count). The van der Waals surface area contributed by atoms with Gasteiger partial charge in [0, 0.05) is 12.8 Å². The van der Waals surface area contributed by atoms with Crippen LogP contribution in [0.2, 0.25) is 0 Å². The first-order valence-corrected chi connectivity index (χ1v) is 11.4. The molecule has 6 nitrogen and oxygen atoms in total. The van der Waals surface area contributed by atoms with Gasteiger partial charge in [-0.1, -0.05) is 58.3 Å². The fraction of sp³-hybridized carbons (Fsp3) is 0.870. The molecule has 0 radical (unpaired) electrons. The Bertz CT molecular complexity index is 500. The molecule has 1 saturated heterocycles. The highest BCUT2D eigenvalue weighted by Crippen LogP contribution is 2.21. The average molecular weight is 413 g/mol. The fourth-order valence-corrected chi connectivity index (χ4v) is 3.09. The lowest BCUT2D eigenvalue weighted by Crippen LogP contribution is -2.26. The van der Waals surface area contributed by atoms with Crippen LogP contribution in [0, 0.1) is 5.41 Å². The standard InChI is InChI=1S/C23H40O6/c1-4-23(2,3)22(26)28-17-14-12-10-8-6-5-7-9-11-13-15-20(24)29-19-16-18-27-21(19)25/h19H,4-18H2,1-3H3. The molecule has 0 aliphatic carbocycles. The minimum absolute atomic E-state index is 0.0886. The molecule has 0 aromatic rings. The Morgan fingerprint density at radius 1 is 0.966 bits per heavy atom. The highest BCUT2D eigenvalue weighted by molar-refractivity contribution is 5.80. The molecule has 1 atom stereocenters. The quantitative estimate of drug-likeness (QED) is 0.199. The van der Waals surface area contributed by atoms with E-state index in [0.29, 0.717) is 26.1 Å². The van der Waals surface area contributed by atoms with Crippen LogP contribution in [-0.4, -0.2) is 37.2 Å².